The van der Waals surface area contributed by atoms with E-state index in [1.165, 1.54) is 0 Å². The Balaban J connectivity index is 2.83. The van der Waals surface area contributed by atoms with Crippen LogP contribution in [0.15, 0.2) is 23.9 Å². The van der Waals surface area contributed by atoms with Crippen LogP contribution in [0.3, 0.4) is 0 Å². The first-order valence-electron chi connectivity index (χ1n) is 6.46. The Morgan fingerprint density at radius 2 is 2.18 bits per heavy atom. The van der Waals surface area contributed by atoms with Crippen molar-refractivity contribution in [3.63, 3.8) is 0 Å². The summed E-state index contributed by atoms with van der Waals surface area (Å²) in [5, 5.41) is 0. The van der Waals surface area contributed by atoms with Crippen molar-refractivity contribution in [1.29, 1.82) is 0 Å². The summed E-state index contributed by atoms with van der Waals surface area (Å²) in [5.41, 5.74) is 1.05. The summed E-state index contributed by atoms with van der Waals surface area (Å²) in [5.74, 6) is 0.127. The molecular weight excluding hydrogens is 212 g/mol. The molecule has 17 heavy (non-hydrogen) atoms. The van der Waals surface area contributed by atoms with E-state index < -0.39 is 0 Å². The van der Waals surface area contributed by atoms with Gasteiger partial charge in [0.15, 0.2) is 0 Å². The summed E-state index contributed by atoms with van der Waals surface area (Å²) < 4.78 is 0. The number of carbonyl (C=O) groups excluding carboxylic acids is 1. The minimum Gasteiger partial charge on any atom is -0.313 e. The lowest BCUT2D eigenvalue weighted by atomic mass is 10.0. The summed E-state index contributed by atoms with van der Waals surface area (Å²) in [7, 11) is 2.12. The van der Waals surface area contributed by atoms with Crippen LogP contribution in [0.25, 0.3) is 0 Å². The molecule has 0 radical (unpaired) electrons. The van der Waals surface area contributed by atoms with E-state index in [4.69, 9.17) is 0 Å². The second-order valence-corrected chi connectivity index (χ2v) is 4.54. The van der Waals surface area contributed by atoms with Crippen LogP contribution in [0.5, 0.6) is 0 Å². The Bertz CT molecular complexity index is 320. The van der Waals surface area contributed by atoms with Crippen LogP contribution in [0.2, 0.25) is 0 Å². The van der Waals surface area contributed by atoms with Gasteiger partial charge in [0.05, 0.1) is 0 Å². The zero-order valence-electron chi connectivity index (χ0n) is 11.4. The number of nitrogens with zero attached hydrogens (tertiary/aromatic N) is 2. The highest BCUT2D eigenvalue weighted by atomic mass is 16.2. The average molecular weight is 236 g/mol. The molecule has 0 aromatic carbocycles. The molecule has 0 aliphatic heterocycles. The fourth-order valence-electron chi connectivity index (χ4n) is 2.06. The van der Waals surface area contributed by atoms with Crippen LogP contribution >= 0.6 is 0 Å². The van der Waals surface area contributed by atoms with E-state index in [0.29, 0.717) is 6.04 Å². The molecule has 0 bridgehead atoms. The number of hydrogen-bond donors (Lipinski definition) is 0. The number of allylic oxidation sites excluding steroid dienone is 1. The molecule has 0 heterocycles. The third-order valence-electron chi connectivity index (χ3n) is 3.23. The number of rotatable bonds is 5. The van der Waals surface area contributed by atoms with Gasteiger partial charge in [-0.3, -0.25) is 9.69 Å². The van der Waals surface area contributed by atoms with Crippen molar-refractivity contribution in [2.45, 2.75) is 39.7 Å². The highest BCUT2D eigenvalue weighted by Crippen LogP contribution is 2.18. The summed E-state index contributed by atoms with van der Waals surface area (Å²) >= 11 is 0. The Morgan fingerprint density at radius 1 is 1.47 bits per heavy atom. The lowest BCUT2D eigenvalue weighted by Crippen LogP contribution is -2.34. The predicted molar refractivity (Wildman–Crippen MR) is 71.6 cm³/mol. The van der Waals surface area contributed by atoms with Gasteiger partial charge in [-0.1, -0.05) is 19.9 Å². The molecule has 0 saturated carbocycles. The zero-order chi connectivity index (χ0) is 12.8. The molecule has 0 fully saturated rings. The monoisotopic (exact) mass is 236 g/mol. The summed E-state index contributed by atoms with van der Waals surface area (Å²) in [6.45, 7) is 7.71. The van der Waals surface area contributed by atoms with Crippen molar-refractivity contribution in [1.82, 2.24) is 9.80 Å². The lowest BCUT2D eigenvalue weighted by molar-refractivity contribution is -0.126. The molecule has 96 valence electrons. The predicted octanol–water partition coefficient (Wildman–Crippen LogP) is 2.41. The standard InChI is InChI=1S/C14H24N2O/c1-5-10-16(12(3)17)14-9-7-8-13(11-14)15(4)6-2/h7,9,11,13H,5-6,8,10H2,1-4H3. The van der Waals surface area contributed by atoms with E-state index in [1.807, 2.05) is 4.90 Å². The summed E-state index contributed by atoms with van der Waals surface area (Å²) in [6.07, 6.45) is 8.46. The molecular formula is C14H24N2O. The van der Waals surface area contributed by atoms with Gasteiger partial charge in [-0.2, -0.15) is 0 Å². The van der Waals surface area contributed by atoms with Crippen molar-refractivity contribution < 1.29 is 4.79 Å². The number of likely N-dealkylation sites (N-methyl/N-ethyl adjacent to an activating group) is 1. The van der Waals surface area contributed by atoms with Gasteiger partial charge >= 0.3 is 0 Å². The van der Waals surface area contributed by atoms with Gasteiger partial charge in [-0.05, 0) is 38.6 Å². The lowest BCUT2D eigenvalue weighted by Gasteiger charge is -2.30. The molecule has 1 atom stereocenters. The normalized spacial score (nSPS) is 19.4. The maximum absolute atomic E-state index is 11.6. The van der Waals surface area contributed by atoms with Gasteiger partial charge in [0.25, 0.3) is 0 Å². The Hall–Kier alpha value is -1.09. The van der Waals surface area contributed by atoms with Gasteiger partial charge in [0.2, 0.25) is 5.91 Å². The van der Waals surface area contributed by atoms with Crippen LogP contribution in [0.4, 0.5) is 0 Å². The highest BCUT2D eigenvalue weighted by Gasteiger charge is 2.18. The van der Waals surface area contributed by atoms with Gasteiger partial charge < -0.3 is 4.90 Å². The first-order chi connectivity index (χ1) is 8.10. The van der Waals surface area contributed by atoms with Gasteiger partial charge in [-0.15, -0.1) is 0 Å². The van der Waals surface area contributed by atoms with E-state index in [0.717, 1.165) is 31.6 Å². The highest BCUT2D eigenvalue weighted by molar-refractivity contribution is 5.76. The maximum Gasteiger partial charge on any atom is 0.223 e. The molecule has 1 aliphatic carbocycles. The van der Waals surface area contributed by atoms with Crippen LogP contribution in [0.1, 0.15) is 33.6 Å². The topological polar surface area (TPSA) is 23.6 Å². The minimum atomic E-state index is 0.127. The van der Waals surface area contributed by atoms with E-state index in [1.54, 1.807) is 6.92 Å². The quantitative estimate of drug-likeness (QED) is 0.732. The third kappa shape index (κ3) is 3.70. The first-order valence-corrected chi connectivity index (χ1v) is 6.46. The molecule has 1 amide bonds. The summed E-state index contributed by atoms with van der Waals surface area (Å²) in [4.78, 5) is 15.8. The van der Waals surface area contributed by atoms with Crippen LogP contribution in [-0.2, 0) is 4.79 Å². The van der Waals surface area contributed by atoms with Crippen molar-refractivity contribution >= 4 is 5.91 Å². The molecule has 3 heteroatoms. The third-order valence-corrected chi connectivity index (χ3v) is 3.23. The van der Waals surface area contributed by atoms with Crippen molar-refractivity contribution in [2.24, 2.45) is 0 Å². The zero-order valence-corrected chi connectivity index (χ0v) is 11.4. The van der Waals surface area contributed by atoms with E-state index >= 15 is 0 Å². The first kappa shape index (κ1) is 14.0. The molecule has 0 aromatic heterocycles. The molecule has 3 nitrogen and oxygen atoms in total. The molecule has 0 spiro atoms. The number of hydrogen-bond acceptors (Lipinski definition) is 2. The van der Waals surface area contributed by atoms with Crippen LogP contribution in [0, 0.1) is 0 Å². The fraction of sp³-hybridized carbons (Fsp3) is 0.643. The SMILES string of the molecule is CCCN(C(C)=O)C1=CC(N(C)CC)CC=C1. The largest absolute Gasteiger partial charge is 0.313 e. The fourth-order valence-corrected chi connectivity index (χ4v) is 2.06. The van der Waals surface area contributed by atoms with Gasteiger partial charge in [-0.25, -0.2) is 0 Å². The van der Waals surface area contributed by atoms with Gasteiger partial charge in [0.1, 0.15) is 0 Å². The van der Waals surface area contributed by atoms with E-state index in [-0.39, 0.29) is 5.91 Å². The minimum absolute atomic E-state index is 0.127. The molecule has 0 saturated heterocycles. The maximum atomic E-state index is 11.6. The Morgan fingerprint density at radius 3 is 2.71 bits per heavy atom. The molecule has 0 N–H and O–H groups in total. The molecule has 1 unspecified atom stereocenters. The smallest absolute Gasteiger partial charge is 0.223 e. The van der Waals surface area contributed by atoms with Crippen molar-refractivity contribution in [2.75, 3.05) is 20.1 Å². The van der Waals surface area contributed by atoms with Crippen LogP contribution in [-0.4, -0.2) is 41.9 Å². The average Bonchev–Trinajstić information content (AvgIpc) is 2.34. The van der Waals surface area contributed by atoms with E-state index in [2.05, 4.69) is 44.0 Å². The number of amides is 1. The molecule has 0 aromatic rings. The Labute approximate surface area is 105 Å². The summed E-state index contributed by atoms with van der Waals surface area (Å²) in [6, 6.07) is 0.415. The van der Waals surface area contributed by atoms with E-state index in [9.17, 15) is 4.79 Å². The molecule has 1 aliphatic rings. The number of carbonyl (C=O) groups is 1. The van der Waals surface area contributed by atoms with Crippen LogP contribution < -0.4 is 0 Å². The Kier molecular flexibility index (Phi) is 5.42. The second-order valence-electron chi connectivity index (χ2n) is 4.54. The molecule has 1 rings (SSSR count). The second kappa shape index (κ2) is 6.60. The van der Waals surface area contributed by atoms with Gasteiger partial charge in [0, 0.05) is 25.2 Å². The van der Waals surface area contributed by atoms with Crippen molar-refractivity contribution in [3.05, 3.63) is 23.9 Å². The van der Waals surface area contributed by atoms with Crippen molar-refractivity contribution in [3.8, 4) is 0 Å².